The highest BCUT2D eigenvalue weighted by Crippen LogP contribution is 2.18. The number of nitrogens with two attached hydrogens (primary N) is 1. The molecule has 0 aromatic carbocycles. The van der Waals surface area contributed by atoms with Gasteiger partial charge >= 0.3 is 0 Å². The van der Waals surface area contributed by atoms with Crippen molar-refractivity contribution in [3.05, 3.63) is 12.4 Å². The van der Waals surface area contributed by atoms with Gasteiger partial charge in [0.1, 0.15) is 0 Å². The number of rotatable bonds is 6. The predicted molar refractivity (Wildman–Crippen MR) is 80.1 cm³/mol. The standard InChI is InChI=1S/C14H25N5O/c1-3-12(4-5-15)18-6-8-19(9-7-18)13-10-16-11-14(17-13)20-2/h10-12H,3-9,15H2,1-2H3. The maximum atomic E-state index is 5.69. The summed E-state index contributed by atoms with van der Waals surface area (Å²) in [4.78, 5) is 13.4. The van der Waals surface area contributed by atoms with Crippen molar-refractivity contribution in [2.45, 2.75) is 25.8 Å². The van der Waals surface area contributed by atoms with Crippen LogP contribution in [-0.4, -0.2) is 60.7 Å². The Bertz CT molecular complexity index is 406. The molecule has 1 unspecified atom stereocenters. The summed E-state index contributed by atoms with van der Waals surface area (Å²) >= 11 is 0. The molecule has 1 aromatic heterocycles. The monoisotopic (exact) mass is 279 g/mol. The second-order valence-electron chi connectivity index (χ2n) is 5.08. The molecule has 0 bridgehead atoms. The second-order valence-corrected chi connectivity index (χ2v) is 5.08. The van der Waals surface area contributed by atoms with E-state index in [4.69, 9.17) is 10.5 Å². The second kappa shape index (κ2) is 7.40. The Morgan fingerprint density at radius 3 is 2.65 bits per heavy atom. The Kier molecular flexibility index (Phi) is 5.55. The first kappa shape index (κ1) is 15.0. The first-order valence-corrected chi connectivity index (χ1v) is 7.33. The minimum atomic E-state index is 0.569. The molecular weight excluding hydrogens is 254 g/mol. The van der Waals surface area contributed by atoms with E-state index in [-0.39, 0.29) is 0 Å². The molecule has 0 spiro atoms. The number of hydrogen-bond donors (Lipinski definition) is 1. The third-order valence-electron chi connectivity index (χ3n) is 3.93. The van der Waals surface area contributed by atoms with Crippen molar-refractivity contribution < 1.29 is 4.74 Å². The lowest BCUT2D eigenvalue weighted by atomic mass is 10.1. The van der Waals surface area contributed by atoms with E-state index in [0.717, 1.165) is 51.4 Å². The molecule has 0 saturated carbocycles. The smallest absolute Gasteiger partial charge is 0.233 e. The van der Waals surface area contributed by atoms with Crippen molar-refractivity contribution >= 4 is 5.82 Å². The average Bonchev–Trinajstić information content (AvgIpc) is 2.53. The highest BCUT2D eigenvalue weighted by molar-refractivity contribution is 5.38. The number of hydrogen-bond acceptors (Lipinski definition) is 6. The minimum Gasteiger partial charge on any atom is -0.480 e. The van der Waals surface area contributed by atoms with E-state index in [0.29, 0.717) is 11.9 Å². The van der Waals surface area contributed by atoms with E-state index in [9.17, 15) is 0 Å². The Balaban J connectivity index is 1.93. The first-order chi connectivity index (χ1) is 9.78. The minimum absolute atomic E-state index is 0.569. The zero-order valence-electron chi connectivity index (χ0n) is 12.5. The molecule has 20 heavy (non-hydrogen) atoms. The largest absolute Gasteiger partial charge is 0.480 e. The average molecular weight is 279 g/mol. The normalized spacial score (nSPS) is 18.1. The van der Waals surface area contributed by atoms with Gasteiger partial charge in [-0.05, 0) is 19.4 Å². The summed E-state index contributed by atoms with van der Waals surface area (Å²) in [6.45, 7) is 7.06. The molecule has 6 heteroatoms. The van der Waals surface area contributed by atoms with Gasteiger partial charge in [-0.15, -0.1) is 0 Å². The zero-order valence-corrected chi connectivity index (χ0v) is 12.5. The summed E-state index contributed by atoms with van der Waals surface area (Å²) in [6, 6.07) is 0.610. The van der Waals surface area contributed by atoms with Crippen molar-refractivity contribution in [2.24, 2.45) is 5.73 Å². The maximum Gasteiger partial charge on any atom is 0.233 e. The van der Waals surface area contributed by atoms with Crippen LogP contribution < -0.4 is 15.4 Å². The molecule has 1 fully saturated rings. The maximum absolute atomic E-state index is 5.69. The van der Waals surface area contributed by atoms with Crippen molar-refractivity contribution in [1.82, 2.24) is 14.9 Å². The summed E-state index contributed by atoms with van der Waals surface area (Å²) in [5, 5.41) is 0. The SMILES string of the molecule is CCC(CCN)N1CCN(c2cncc(OC)n2)CC1. The van der Waals surface area contributed by atoms with E-state index in [1.165, 1.54) is 0 Å². The van der Waals surface area contributed by atoms with Crippen molar-refractivity contribution in [3.63, 3.8) is 0 Å². The van der Waals surface area contributed by atoms with Gasteiger partial charge in [0, 0.05) is 32.2 Å². The fourth-order valence-electron chi connectivity index (χ4n) is 2.74. The van der Waals surface area contributed by atoms with E-state index in [2.05, 4.69) is 26.7 Å². The van der Waals surface area contributed by atoms with Gasteiger partial charge in [0.25, 0.3) is 0 Å². The molecule has 0 aliphatic carbocycles. The topological polar surface area (TPSA) is 67.5 Å². The van der Waals surface area contributed by atoms with Crippen LogP contribution in [0.4, 0.5) is 5.82 Å². The van der Waals surface area contributed by atoms with Gasteiger partial charge in [0.05, 0.1) is 19.5 Å². The lowest BCUT2D eigenvalue weighted by Gasteiger charge is -2.39. The number of anilines is 1. The molecule has 0 amide bonds. The van der Waals surface area contributed by atoms with Crippen molar-refractivity contribution in [3.8, 4) is 5.88 Å². The van der Waals surface area contributed by atoms with Gasteiger partial charge in [-0.25, -0.2) is 0 Å². The molecule has 1 aliphatic heterocycles. The Labute approximate surface area is 120 Å². The Morgan fingerprint density at radius 2 is 2.05 bits per heavy atom. The number of methoxy groups -OCH3 is 1. The van der Waals surface area contributed by atoms with Crippen molar-refractivity contribution in [1.29, 1.82) is 0 Å². The molecule has 1 atom stereocenters. The zero-order chi connectivity index (χ0) is 14.4. The van der Waals surface area contributed by atoms with Gasteiger partial charge < -0.3 is 15.4 Å². The van der Waals surface area contributed by atoms with Crippen LogP contribution in [-0.2, 0) is 0 Å². The first-order valence-electron chi connectivity index (χ1n) is 7.33. The van der Waals surface area contributed by atoms with Crippen LogP contribution in [0.25, 0.3) is 0 Å². The fraction of sp³-hybridized carbons (Fsp3) is 0.714. The molecule has 2 rings (SSSR count). The molecule has 2 heterocycles. The summed E-state index contributed by atoms with van der Waals surface area (Å²) in [5.41, 5.74) is 5.69. The lowest BCUT2D eigenvalue weighted by Crippen LogP contribution is -2.50. The third kappa shape index (κ3) is 3.58. The summed E-state index contributed by atoms with van der Waals surface area (Å²) < 4.78 is 5.13. The predicted octanol–water partition coefficient (Wildman–Crippen LogP) is 0.735. The summed E-state index contributed by atoms with van der Waals surface area (Å²) in [6.07, 6.45) is 5.68. The highest BCUT2D eigenvalue weighted by Gasteiger charge is 2.23. The van der Waals surface area contributed by atoms with Crippen LogP contribution in [0.3, 0.4) is 0 Å². The molecule has 2 N–H and O–H groups in total. The van der Waals surface area contributed by atoms with Gasteiger partial charge in [-0.1, -0.05) is 6.92 Å². The number of nitrogens with zero attached hydrogens (tertiary/aromatic N) is 4. The van der Waals surface area contributed by atoms with Crippen LogP contribution in [0.15, 0.2) is 12.4 Å². The van der Waals surface area contributed by atoms with Crippen LogP contribution in [0.1, 0.15) is 19.8 Å². The number of aromatic nitrogens is 2. The molecule has 112 valence electrons. The Hall–Kier alpha value is -1.40. The molecule has 1 aliphatic rings. The molecular formula is C14H25N5O. The van der Waals surface area contributed by atoms with E-state index >= 15 is 0 Å². The third-order valence-corrected chi connectivity index (χ3v) is 3.93. The highest BCUT2D eigenvalue weighted by atomic mass is 16.5. The summed E-state index contributed by atoms with van der Waals surface area (Å²) in [7, 11) is 1.62. The molecule has 1 aromatic rings. The van der Waals surface area contributed by atoms with Gasteiger partial charge in [-0.2, -0.15) is 4.98 Å². The van der Waals surface area contributed by atoms with E-state index in [1.807, 2.05) is 0 Å². The quantitative estimate of drug-likeness (QED) is 0.828. The van der Waals surface area contributed by atoms with Crippen LogP contribution in [0, 0.1) is 0 Å². The van der Waals surface area contributed by atoms with Gasteiger partial charge in [-0.3, -0.25) is 9.88 Å². The van der Waals surface area contributed by atoms with E-state index in [1.54, 1.807) is 19.5 Å². The van der Waals surface area contributed by atoms with E-state index < -0.39 is 0 Å². The molecule has 6 nitrogen and oxygen atoms in total. The fourth-order valence-corrected chi connectivity index (χ4v) is 2.74. The summed E-state index contributed by atoms with van der Waals surface area (Å²) in [5.74, 6) is 1.47. The lowest BCUT2D eigenvalue weighted by molar-refractivity contribution is 0.173. The number of piperazine rings is 1. The van der Waals surface area contributed by atoms with Crippen LogP contribution in [0.2, 0.25) is 0 Å². The Morgan fingerprint density at radius 1 is 1.30 bits per heavy atom. The van der Waals surface area contributed by atoms with Crippen LogP contribution >= 0.6 is 0 Å². The molecule has 1 saturated heterocycles. The molecule has 0 radical (unpaired) electrons. The number of ether oxygens (including phenoxy) is 1. The van der Waals surface area contributed by atoms with Crippen LogP contribution in [0.5, 0.6) is 5.88 Å². The van der Waals surface area contributed by atoms with Gasteiger partial charge in [0.15, 0.2) is 5.82 Å². The van der Waals surface area contributed by atoms with Gasteiger partial charge in [0.2, 0.25) is 5.88 Å². The van der Waals surface area contributed by atoms with Crippen molar-refractivity contribution in [2.75, 3.05) is 44.7 Å².